The number of nitrogens with two attached hydrogens (primary N) is 1. The maximum Gasteiger partial charge on any atom is 0.331 e. The number of benzene rings is 1. The molecule has 8 nitrogen and oxygen atoms in total. The Balaban J connectivity index is 0.000000850. The van der Waals surface area contributed by atoms with Crippen LogP contribution in [-0.4, -0.2) is 45.6 Å². The maximum atomic E-state index is 12.6. The Morgan fingerprint density at radius 3 is 2.66 bits per heavy atom. The van der Waals surface area contributed by atoms with Crippen LogP contribution in [0.3, 0.4) is 0 Å². The summed E-state index contributed by atoms with van der Waals surface area (Å²) < 4.78 is 11.7. The lowest BCUT2D eigenvalue weighted by molar-refractivity contribution is -0.149. The van der Waals surface area contributed by atoms with Crippen LogP contribution in [0.1, 0.15) is 67.1 Å². The molecule has 218 valence electrons. The van der Waals surface area contributed by atoms with E-state index in [4.69, 9.17) is 14.9 Å². The van der Waals surface area contributed by atoms with Gasteiger partial charge in [0.1, 0.15) is 11.5 Å². The first-order valence-electron chi connectivity index (χ1n) is 13.5. The van der Waals surface area contributed by atoms with Crippen LogP contribution in [0.5, 0.6) is 5.75 Å². The maximum absolute atomic E-state index is 12.6. The Hall–Kier alpha value is -3.95. The molecular formula is C32H39N3O5S. The van der Waals surface area contributed by atoms with Gasteiger partial charge in [-0.05, 0) is 81.8 Å². The molecule has 0 fully saturated rings. The normalized spacial score (nSPS) is 15.3. The summed E-state index contributed by atoms with van der Waals surface area (Å²) in [4.78, 5) is 31.8. The molecule has 1 atom stereocenters. The van der Waals surface area contributed by atoms with E-state index in [1.807, 2.05) is 76.4 Å². The third-order valence-electron chi connectivity index (χ3n) is 5.86. The van der Waals surface area contributed by atoms with E-state index >= 15 is 0 Å². The van der Waals surface area contributed by atoms with E-state index in [1.54, 1.807) is 35.6 Å². The topological polar surface area (TPSA) is 119 Å². The van der Waals surface area contributed by atoms with Gasteiger partial charge in [0.05, 0.1) is 12.3 Å². The molecule has 0 saturated heterocycles. The van der Waals surface area contributed by atoms with Crippen molar-refractivity contribution in [3.05, 3.63) is 93.4 Å². The second-order valence-corrected chi connectivity index (χ2v) is 11.6. The number of allylic oxidation sites excluding steroid dienone is 3. The highest BCUT2D eigenvalue weighted by Gasteiger charge is 2.35. The molecule has 2 aromatic heterocycles. The minimum absolute atomic E-state index is 0. The molecule has 0 aliphatic carbocycles. The van der Waals surface area contributed by atoms with E-state index in [0.717, 1.165) is 21.9 Å². The van der Waals surface area contributed by atoms with Crippen molar-refractivity contribution < 1.29 is 23.8 Å². The first-order valence-corrected chi connectivity index (χ1v) is 14.4. The molecule has 0 saturated carbocycles. The van der Waals surface area contributed by atoms with Crippen molar-refractivity contribution in [3.8, 4) is 5.75 Å². The molecule has 3 N–H and O–H groups in total. The van der Waals surface area contributed by atoms with Crippen molar-refractivity contribution in [3.63, 3.8) is 0 Å². The van der Waals surface area contributed by atoms with E-state index in [2.05, 4.69) is 4.98 Å². The lowest BCUT2D eigenvalue weighted by Gasteiger charge is -2.34. The standard InChI is InChI=1S/C28H28N2O5S.C4H11N/c1-3-4-5-8-26(31)30-15-13-20-9-10-21(18-23(20)27(30)28(32)33)34-16-14-24-19(2)35-25(29-24)12-11-22-7-6-17-36-22;1-4(2,3)5/h3-12,17-18,27H,13-16H2,1-2H3,(H,32,33);5H2,1-3H3/b4-3?,8-5?,12-11+;. The molecule has 4 rings (SSSR count). The Bertz CT molecular complexity index is 1390. The highest BCUT2D eigenvalue weighted by atomic mass is 32.1. The zero-order chi connectivity index (χ0) is 30.0. The predicted molar refractivity (Wildman–Crippen MR) is 164 cm³/mol. The summed E-state index contributed by atoms with van der Waals surface area (Å²) in [7, 11) is 0. The number of carboxylic acid groups (broad SMARTS) is 1. The third-order valence-corrected chi connectivity index (χ3v) is 6.69. The fourth-order valence-electron chi connectivity index (χ4n) is 4.09. The molecule has 9 heteroatoms. The van der Waals surface area contributed by atoms with Crippen LogP contribution >= 0.6 is 11.3 Å². The van der Waals surface area contributed by atoms with Crippen LogP contribution in [0.15, 0.2) is 64.4 Å². The number of hydrogen-bond acceptors (Lipinski definition) is 7. The van der Waals surface area contributed by atoms with Gasteiger partial charge in [0.2, 0.25) is 11.8 Å². The first-order chi connectivity index (χ1) is 19.5. The number of rotatable bonds is 9. The SMILES string of the molecule is CC(C)(C)N.CC=CC=CC(=O)N1CCc2ccc(OCCc3nc(/C=C/c4cccs4)oc3C)cc2C1C(=O)O. The average Bonchev–Trinajstić information content (AvgIpc) is 3.55. The molecule has 3 aromatic rings. The van der Waals surface area contributed by atoms with Crippen LogP contribution < -0.4 is 10.5 Å². The van der Waals surface area contributed by atoms with Gasteiger partial charge in [-0.25, -0.2) is 9.78 Å². The van der Waals surface area contributed by atoms with Crippen molar-refractivity contribution in [2.75, 3.05) is 13.2 Å². The van der Waals surface area contributed by atoms with E-state index in [-0.39, 0.29) is 11.4 Å². The number of amides is 1. The predicted octanol–water partition coefficient (Wildman–Crippen LogP) is 6.22. The third kappa shape index (κ3) is 9.88. The highest BCUT2D eigenvalue weighted by Crippen LogP contribution is 2.33. The minimum atomic E-state index is -1.07. The number of aryl methyl sites for hydroxylation is 1. The second-order valence-electron chi connectivity index (χ2n) is 10.6. The number of carbonyl (C=O) groups is 2. The van der Waals surface area contributed by atoms with Crippen LogP contribution in [0, 0.1) is 6.92 Å². The lowest BCUT2D eigenvalue weighted by atomic mass is 9.92. The van der Waals surface area contributed by atoms with Crippen LogP contribution in [0.4, 0.5) is 0 Å². The van der Waals surface area contributed by atoms with Gasteiger partial charge in [-0.3, -0.25) is 4.79 Å². The molecule has 0 bridgehead atoms. The summed E-state index contributed by atoms with van der Waals surface area (Å²) >= 11 is 1.64. The quantitative estimate of drug-likeness (QED) is 0.229. The van der Waals surface area contributed by atoms with E-state index in [9.17, 15) is 14.7 Å². The fourth-order valence-corrected chi connectivity index (χ4v) is 4.71. The average molecular weight is 578 g/mol. The monoisotopic (exact) mass is 577 g/mol. The first kappa shape index (κ1) is 31.6. The number of aliphatic carboxylic acids is 1. The Morgan fingerprint density at radius 2 is 2.00 bits per heavy atom. The molecule has 0 radical (unpaired) electrons. The zero-order valence-electron chi connectivity index (χ0n) is 24.3. The molecule has 1 aliphatic rings. The van der Waals surface area contributed by atoms with Gasteiger partial charge in [-0.15, -0.1) is 11.3 Å². The van der Waals surface area contributed by atoms with Gasteiger partial charge in [-0.2, -0.15) is 0 Å². The van der Waals surface area contributed by atoms with Gasteiger partial charge in [0, 0.05) is 35.5 Å². The second kappa shape index (κ2) is 14.6. The molecule has 41 heavy (non-hydrogen) atoms. The van der Waals surface area contributed by atoms with Crippen molar-refractivity contribution in [2.45, 2.75) is 59.0 Å². The molecular weight excluding hydrogens is 538 g/mol. The summed E-state index contributed by atoms with van der Waals surface area (Å²) in [6.07, 6.45) is 11.5. The van der Waals surface area contributed by atoms with Crippen LogP contribution in [-0.2, 0) is 22.4 Å². The summed E-state index contributed by atoms with van der Waals surface area (Å²) in [6, 6.07) is 8.41. The number of aromatic nitrogens is 1. The number of nitrogens with zero attached hydrogens (tertiary/aromatic N) is 2. The van der Waals surface area contributed by atoms with Crippen LogP contribution in [0.25, 0.3) is 12.2 Å². The largest absolute Gasteiger partial charge is 0.493 e. The molecule has 1 aliphatic heterocycles. The van der Waals surface area contributed by atoms with Crippen molar-refractivity contribution in [2.24, 2.45) is 5.73 Å². The minimum Gasteiger partial charge on any atom is -0.493 e. The van der Waals surface area contributed by atoms with Crippen molar-refractivity contribution >= 4 is 35.4 Å². The Labute approximate surface area is 245 Å². The van der Waals surface area contributed by atoms with E-state index in [0.29, 0.717) is 43.2 Å². The van der Waals surface area contributed by atoms with Gasteiger partial charge in [0.15, 0.2) is 6.04 Å². The number of carboxylic acids is 1. The molecule has 0 spiro atoms. The molecule has 3 heterocycles. The fraction of sp³-hybridized carbons (Fsp3) is 0.344. The summed E-state index contributed by atoms with van der Waals surface area (Å²) in [5.41, 5.74) is 7.66. The summed E-state index contributed by atoms with van der Waals surface area (Å²) in [6.45, 7) is 10.3. The van der Waals surface area contributed by atoms with E-state index < -0.39 is 12.0 Å². The lowest BCUT2D eigenvalue weighted by Crippen LogP contribution is -2.42. The Morgan fingerprint density at radius 1 is 1.24 bits per heavy atom. The van der Waals surface area contributed by atoms with Crippen LogP contribution in [0.2, 0.25) is 0 Å². The van der Waals surface area contributed by atoms with Gasteiger partial charge < -0.3 is 24.9 Å². The number of fused-ring (bicyclic) bond motifs is 1. The zero-order valence-corrected chi connectivity index (χ0v) is 25.1. The molecule has 1 amide bonds. The number of oxazole rings is 1. The number of hydrogen-bond donors (Lipinski definition) is 2. The smallest absolute Gasteiger partial charge is 0.331 e. The molecule has 1 unspecified atom stereocenters. The summed E-state index contributed by atoms with van der Waals surface area (Å²) in [5, 5.41) is 11.9. The van der Waals surface area contributed by atoms with Crippen molar-refractivity contribution in [1.29, 1.82) is 0 Å². The van der Waals surface area contributed by atoms with E-state index in [1.165, 1.54) is 11.0 Å². The molecule has 1 aromatic carbocycles. The van der Waals surface area contributed by atoms with Gasteiger partial charge in [0.25, 0.3) is 0 Å². The Kier molecular flexibility index (Phi) is 11.3. The van der Waals surface area contributed by atoms with Crippen molar-refractivity contribution in [1.82, 2.24) is 9.88 Å². The number of thiophene rings is 1. The van der Waals surface area contributed by atoms with Gasteiger partial charge >= 0.3 is 5.97 Å². The summed E-state index contributed by atoms with van der Waals surface area (Å²) in [5.74, 6) is 0.436. The number of ether oxygens (including phenoxy) is 1. The van der Waals surface area contributed by atoms with Gasteiger partial charge in [-0.1, -0.05) is 30.4 Å². The highest BCUT2D eigenvalue weighted by molar-refractivity contribution is 7.10. The number of carbonyl (C=O) groups excluding carboxylic acids is 1.